The molecule has 0 aliphatic carbocycles. The van der Waals surface area contributed by atoms with E-state index in [9.17, 15) is 0 Å². The molecule has 0 bridgehead atoms. The number of halogens is 1. The van der Waals surface area contributed by atoms with Gasteiger partial charge in [0.15, 0.2) is 0 Å². The SMILES string of the molecule is Cl.c1ccc2c(c1)cc(CNCCCN1CCN(CCCNCc3cc4ccccc4c4ccccc34)CC1)c1ccccc12. The second-order valence-corrected chi connectivity index (χ2v) is 12.3. The lowest BCUT2D eigenvalue weighted by molar-refractivity contribution is 0.130. The molecule has 0 saturated carbocycles. The van der Waals surface area contributed by atoms with Gasteiger partial charge in [0.05, 0.1) is 0 Å². The van der Waals surface area contributed by atoms with Crippen LogP contribution in [-0.4, -0.2) is 62.2 Å². The molecule has 6 aromatic carbocycles. The van der Waals surface area contributed by atoms with Crippen LogP contribution < -0.4 is 10.6 Å². The second kappa shape index (κ2) is 15.2. The molecule has 0 spiro atoms. The van der Waals surface area contributed by atoms with Gasteiger partial charge in [-0.3, -0.25) is 0 Å². The molecule has 1 fully saturated rings. The lowest BCUT2D eigenvalue weighted by atomic mass is 9.97. The van der Waals surface area contributed by atoms with Gasteiger partial charge in [-0.2, -0.15) is 0 Å². The maximum atomic E-state index is 3.73. The van der Waals surface area contributed by atoms with Crippen molar-refractivity contribution in [3.63, 3.8) is 0 Å². The van der Waals surface area contributed by atoms with Crippen LogP contribution in [0.25, 0.3) is 43.1 Å². The van der Waals surface area contributed by atoms with Gasteiger partial charge in [-0.05, 0) is 105 Å². The zero-order valence-corrected chi connectivity index (χ0v) is 27.0. The average molecular weight is 617 g/mol. The Bertz CT molecular complexity index is 1720. The molecular formula is C40H45ClN4. The normalized spacial score (nSPS) is 14.4. The topological polar surface area (TPSA) is 30.5 Å². The van der Waals surface area contributed by atoms with E-state index >= 15 is 0 Å². The van der Waals surface area contributed by atoms with Crippen LogP contribution in [0.2, 0.25) is 0 Å². The molecule has 5 heteroatoms. The van der Waals surface area contributed by atoms with E-state index in [1.165, 1.54) is 106 Å². The summed E-state index contributed by atoms with van der Waals surface area (Å²) >= 11 is 0. The molecule has 45 heavy (non-hydrogen) atoms. The highest BCUT2D eigenvalue weighted by atomic mass is 35.5. The Morgan fingerprint density at radius 3 is 1.22 bits per heavy atom. The molecule has 0 aromatic heterocycles. The molecule has 1 saturated heterocycles. The highest BCUT2D eigenvalue weighted by Gasteiger charge is 2.16. The quantitative estimate of drug-likeness (QED) is 0.108. The van der Waals surface area contributed by atoms with Crippen LogP contribution in [0.1, 0.15) is 24.0 Å². The highest BCUT2D eigenvalue weighted by molar-refractivity contribution is 6.09. The molecule has 0 amide bonds. The lowest BCUT2D eigenvalue weighted by Crippen LogP contribution is -2.47. The number of nitrogens with one attached hydrogen (secondary N) is 2. The van der Waals surface area contributed by atoms with E-state index in [-0.39, 0.29) is 12.4 Å². The summed E-state index contributed by atoms with van der Waals surface area (Å²) in [5.74, 6) is 0. The molecule has 0 atom stereocenters. The van der Waals surface area contributed by atoms with Crippen molar-refractivity contribution in [1.82, 2.24) is 20.4 Å². The number of benzene rings is 6. The molecule has 1 aliphatic rings. The zero-order valence-electron chi connectivity index (χ0n) is 26.2. The van der Waals surface area contributed by atoms with Gasteiger partial charge in [0.1, 0.15) is 0 Å². The van der Waals surface area contributed by atoms with Gasteiger partial charge in [-0.15, -0.1) is 12.4 Å². The number of hydrogen-bond acceptors (Lipinski definition) is 4. The molecule has 1 aliphatic heterocycles. The van der Waals surface area contributed by atoms with Gasteiger partial charge < -0.3 is 20.4 Å². The molecule has 232 valence electrons. The third kappa shape index (κ3) is 7.33. The monoisotopic (exact) mass is 616 g/mol. The molecule has 1 heterocycles. The van der Waals surface area contributed by atoms with E-state index in [0.29, 0.717) is 0 Å². The van der Waals surface area contributed by atoms with Gasteiger partial charge in [0, 0.05) is 39.3 Å². The van der Waals surface area contributed by atoms with Crippen molar-refractivity contribution in [2.75, 3.05) is 52.4 Å². The summed E-state index contributed by atoms with van der Waals surface area (Å²) in [4.78, 5) is 5.29. The van der Waals surface area contributed by atoms with Gasteiger partial charge in [-0.25, -0.2) is 0 Å². The van der Waals surface area contributed by atoms with Crippen molar-refractivity contribution in [2.45, 2.75) is 25.9 Å². The van der Waals surface area contributed by atoms with Gasteiger partial charge in [0.25, 0.3) is 0 Å². The third-order valence-electron chi connectivity index (χ3n) is 9.46. The predicted octanol–water partition coefficient (Wildman–Crippen LogP) is 8.00. The first kappa shape index (κ1) is 31.5. The third-order valence-corrected chi connectivity index (χ3v) is 9.46. The second-order valence-electron chi connectivity index (χ2n) is 12.3. The number of hydrogen-bond donors (Lipinski definition) is 2. The Balaban J connectivity index is 0.00000357. The molecule has 2 N–H and O–H groups in total. The van der Waals surface area contributed by atoms with Crippen LogP contribution in [0.3, 0.4) is 0 Å². The Morgan fingerprint density at radius 2 is 0.800 bits per heavy atom. The highest BCUT2D eigenvalue weighted by Crippen LogP contribution is 2.30. The van der Waals surface area contributed by atoms with Crippen LogP contribution in [-0.2, 0) is 13.1 Å². The molecule has 4 nitrogen and oxygen atoms in total. The summed E-state index contributed by atoms with van der Waals surface area (Å²) in [7, 11) is 0. The Hall–Kier alpha value is -3.51. The Kier molecular flexibility index (Phi) is 10.6. The standard InChI is InChI=1S/C40H44N4.ClH/c1-3-13-35-31(11-1)27-33(37-15-5-7-17-39(35)37)29-41-19-9-21-43-23-25-44(26-24-43)22-10-20-42-30-34-28-32-12-2-4-14-36(32)40-18-8-6-16-38(34)40;/h1-8,11-18,27-28,41-42H,9-10,19-26,29-30H2;1H. The van der Waals surface area contributed by atoms with Gasteiger partial charge in [0.2, 0.25) is 0 Å². The maximum Gasteiger partial charge on any atom is 0.0211 e. The largest absolute Gasteiger partial charge is 0.313 e. The maximum absolute atomic E-state index is 3.73. The summed E-state index contributed by atoms with van der Waals surface area (Å²) in [6.45, 7) is 11.1. The summed E-state index contributed by atoms with van der Waals surface area (Å²) in [5, 5.41) is 18.3. The minimum Gasteiger partial charge on any atom is -0.313 e. The summed E-state index contributed by atoms with van der Waals surface area (Å²) < 4.78 is 0. The predicted molar refractivity (Wildman–Crippen MR) is 196 cm³/mol. The summed E-state index contributed by atoms with van der Waals surface area (Å²) in [6.07, 6.45) is 2.39. The molecule has 6 aromatic rings. The fraction of sp³-hybridized carbons (Fsp3) is 0.300. The summed E-state index contributed by atoms with van der Waals surface area (Å²) in [6, 6.07) is 39.9. The average Bonchev–Trinajstić information content (AvgIpc) is 3.08. The number of rotatable bonds is 12. The van der Waals surface area contributed by atoms with Crippen LogP contribution >= 0.6 is 12.4 Å². The van der Waals surface area contributed by atoms with Crippen molar-refractivity contribution < 1.29 is 0 Å². The van der Waals surface area contributed by atoms with Crippen molar-refractivity contribution in [2.24, 2.45) is 0 Å². The van der Waals surface area contributed by atoms with Gasteiger partial charge >= 0.3 is 0 Å². The van der Waals surface area contributed by atoms with Crippen LogP contribution in [0.15, 0.2) is 109 Å². The molecule has 7 rings (SSSR count). The van der Waals surface area contributed by atoms with Crippen molar-refractivity contribution >= 4 is 55.5 Å². The van der Waals surface area contributed by atoms with Crippen molar-refractivity contribution in [3.05, 3.63) is 120 Å². The van der Waals surface area contributed by atoms with E-state index in [2.05, 4.69) is 130 Å². The molecular weight excluding hydrogens is 572 g/mol. The van der Waals surface area contributed by atoms with Crippen LogP contribution in [0.5, 0.6) is 0 Å². The Morgan fingerprint density at radius 1 is 0.444 bits per heavy atom. The minimum absolute atomic E-state index is 0. The van der Waals surface area contributed by atoms with Gasteiger partial charge in [-0.1, -0.05) is 97.1 Å². The van der Waals surface area contributed by atoms with E-state index in [0.717, 1.165) is 26.2 Å². The number of piperazine rings is 1. The summed E-state index contributed by atoms with van der Waals surface area (Å²) in [5.41, 5.74) is 2.79. The van der Waals surface area contributed by atoms with E-state index in [1.807, 2.05) is 0 Å². The smallest absolute Gasteiger partial charge is 0.0211 e. The van der Waals surface area contributed by atoms with Crippen LogP contribution in [0.4, 0.5) is 0 Å². The van der Waals surface area contributed by atoms with Crippen molar-refractivity contribution in [3.8, 4) is 0 Å². The van der Waals surface area contributed by atoms with E-state index in [4.69, 9.17) is 0 Å². The Labute approximate surface area is 273 Å². The first-order chi connectivity index (χ1) is 21.8. The van der Waals surface area contributed by atoms with E-state index in [1.54, 1.807) is 0 Å². The van der Waals surface area contributed by atoms with Crippen LogP contribution in [0, 0.1) is 0 Å². The fourth-order valence-corrected chi connectivity index (χ4v) is 7.09. The first-order valence-corrected chi connectivity index (χ1v) is 16.5. The molecule has 0 radical (unpaired) electrons. The van der Waals surface area contributed by atoms with E-state index < -0.39 is 0 Å². The fourth-order valence-electron chi connectivity index (χ4n) is 7.09. The zero-order chi connectivity index (χ0) is 29.6. The molecule has 0 unspecified atom stereocenters. The van der Waals surface area contributed by atoms with Crippen molar-refractivity contribution in [1.29, 1.82) is 0 Å². The number of fused-ring (bicyclic) bond motifs is 6. The minimum atomic E-state index is 0. The number of nitrogens with zero attached hydrogens (tertiary/aromatic N) is 2. The first-order valence-electron chi connectivity index (χ1n) is 16.5. The lowest BCUT2D eigenvalue weighted by Gasteiger charge is -2.34.